The second-order valence-electron chi connectivity index (χ2n) is 6.65. The third-order valence-corrected chi connectivity index (χ3v) is 4.86. The number of benzene rings is 2. The molecular weight excluding hydrogens is 329 g/mol. The quantitative estimate of drug-likeness (QED) is 0.748. The predicted molar refractivity (Wildman–Crippen MR) is 101 cm³/mol. The summed E-state index contributed by atoms with van der Waals surface area (Å²) in [5.41, 5.74) is 3.68. The van der Waals surface area contributed by atoms with Crippen LogP contribution in [-0.2, 0) is 0 Å². The molecule has 3 aromatic rings. The Kier molecular flexibility index (Phi) is 4.29. The smallest absolute Gasteiger partial charge is 0.257 e. The first kappa shape index (κ1) is 16.5. The summed E-state index contributed by atoms with van der Waals surface area (Å²) in [6, 6.07) is 12.3. The lowest BCUT2D eigenvalue weighted by Gasteiger charge is -2.20. The zero-order chi connectivity index (χ0) is 18.1. The van der Waals surface area contributed by atoms with Gasteiger partial charge in [0.05, 0.1) is 16.8 Å². The normalized spacial score (nSPS) is 14.0. The van der Waals surface area contributed by atoms with Crippen LogP contribution in [0, 0.1) is 12.7 Å². The third-order valence-electron chi connectivity index (χ3n) is 4.86. The van der Waals surface area contributed by atoms with Gasteiger partial charge in [-0.05, 0) is 49.6 Å². The molecule has 2 aromatic carbocycles. The van der Waals surface area contributed by atoms with Crippen molar-refractivity contribution in [3.05, 3.63) is 65.6 Å². The third kappa shape index (κ3) is 3.01. The number of anilines is 2. The Bertz CT molecular complexity index is 980. The largest absolute Gasteiger partial charge is 0.354 e. The molecule has 0 aliphatic carbocycles. The fourth-order valence-corrected chi connectivity index (χ4v) is 3.40. The number of para-hydroxylation sites is 1. The van der Waals surface area contributed by atoms with E-state index in [1.807, 2.05) is 36.1 Å². The summed E-state index contributed by atoms with van der Waals surface area (Å²) in [5.74, 6) is -0.407. The fraction of sp³-hybridized carbons (Fsp3) is 0.238. The van der Waals surface area contributed by atoms with Crippen molar-refractivity contribution in [2.45, 2.75) is 19.8 Å². The number of pyridine rings is 1. The van der Waals surface area contributed by atoms with E-state index in [0.717, 1.165) is 37.2 Å². The number of carbonyl (C=O) groups excluding carboxylic acids is 1. The number of halogens is 1. The first-order valence-corrected chi connectivity index (χ1v) is 8.84. The monoisotopic (exact) mass is 349 g/mol. The van der Waals surface area contributed by atoms with Crippen molar-refractivity contribution in [2.75, 3.05) is 18.4 Å². The van der Waals surface area contributed by atoms with E-state index in [2.05, 4.69) is 10.3 Å². The second-order valence-corrected chi connectivity index (χ2v) is 6.65. The number of nitrogens with zero attached hydrogens (tertiary/aromatic N) is 2. The second kappa shape index (κ2) is 6.75. The first-order valence-electron chi connectivity index (χ1n) is 8.84. The molecule has 2 heterocycles. The number of likely N-dealkylation sites (tertiary alicyclic amines) is 1. The Hall–Kier alpha value is -2.95. The molecule has 0 spiro atoms. The van der Waals surface area contributed by atoms with E-state index in [1.54, 1.807) is 12.3 Å². The van der Waals surface area contributed by atoms with Gasteiger partial charge in [-0.15, -0.1) is 0 Å². The van der Waals surface area contributed by atoms with Crippen LogP contribution in [0.3, 0.4) is 0 Å². The molecule has 1 aliphatic rings. The maximum absolute atomic E-state index is 13.9. The van der Waals surface area contributed by atoms with Gasteiger partial charge in [-0.1, -0.05) is 18.2 Å². The average Bonchev–Trinajstić information content (AvgIpc) is 3.18. The van der Waals surface area contributed by atoms with Crippen molar-refractivity contribution >= 4 is 28.2 Å². The molecule has 1 N–H and O–H groups in total. The molecule has 5 heteroatoms. The number of hydrogen-bond acceptors (Lipinski definition) is 3. The molecule has 4 nitrogen and oxygen atoms in total. The van der Waals surface area contributed by atoms with Crippen molar-refractivity contribution in [2.24, 2.45) is 0 Å². The molecule has 26 heavy (non-hydrogen) atoms. The number of fused-ring (bicyclic) bond motifs is 1. The van der Waals surface area contributed by atoms with Crippen LogP contribution in [0.25, 0.3) is 10.9 Å². The minimum atomic E-state index is -0.349. The van der Waals surface area contributed by atoms with Crippen molar-refractivity contribution in [1.29, 1.82) is 0 Å². The maximum atomic E-state index is 13.9. The van der Waals surface area contributed by atoms with Gasteiger partial charge >= 0.3 is 0 Å². The van der Waals surface area contributed by atoms with Crippen LogP contribution < -0.4 is 5.32 Å². The van der Waals surface area contributed by atoms with E-state index in [1.165, 1.54) is 12.1 Å². The maximum Gasteiger partial charge on any atom is 0.257 e. The molecule has 0 atom stereocenters. The van der Waals surface area contributed by atoms with E-state index in [4.69, 9.17) is 0 Å². The number of hydrogen-bond donors (Lipinski definition) is 1. The zero-order valence-electron chi connectivity index (χ0n) is 14.6. The lowest BCUT2D eigenvalue weighted by Crippen LogP contribution is -2.28. The molecule has 1 fully saturated rings. The highest BCUT2D eigenvalue weighted by Crippen LogP contribution is 2.32. The van der Waals surface area contributed by atoms with E-state index in [0.29, 0.717) is 22.2 Å². The Morgan fingerprint density at radius 1 is 1.15 bits per heavy atom. The Balaban J connectivity index is 1.87. The fourth-order valence-electron chi connectivity index (χ4n) is 3.40. The molecule has 1 amide bonds. The van der Waals surface area contributed by atoms with Crippen molar-refractivity contribution in [3.8, 4) is 0 Å². The topological polar surface area (TPSA) is 45.2 Å². The van der Waals surface area contributed by atoms with Crippen LogP contribution in [0.1, 0.15) is 28.8 Å². The average molecular weight is 349 g/mol. The standard InChI is InChI=1S/C21H20FN3O/c1-14-6-2-3-7-18(14)24-20-16-12-15(22)8-9-19(16)23-13-17(20)21(26)25-10-4-5-11-25/h2-3,6-9,12-13H,4-5,10-11H2,1H3,(H,23,24). The van der Waals surface area contributed by atoms with Crippen molar-refractivity contribution in [1.82, 2.24) is 9.88 Å². The van der Waals surface area contributed by atoms with Gasteiger partial charge in [-0.25, -0.2) is 4.39 Å². The Morgan fingerprint density at radius 2 is 1.92 bits per heavy atom. The number of amides is 1. The van der Waals surface area contributed by atoms with E-state index >= 15 is 0 Å². The highest BCUT2D eigenvalue weighted by atomic mass is 19.1. The van der Waals surface area contributed by atoms with Crippen LogP contribution in [0.15, 0.2) is 48.7 Å². The molecule has 1 aromatic heterocycles. The Morgan fingerprint density at radius 3 is 2.69 bits per heavy atom. The zero-order valence-corrected chi connectivity index (χ0v) is 14.6. The van der Waals surface area contributed by atoms with E-state index < -0.39 is 0 Å². The summed E-state index contributed by atoms with van der Waals surface area (Å²) in [6.07, 6.45) is 3.63. The number of carbonyl (C=O) groups is 1. The SMILES string of the molecule is Cc1ccccc1Nc1c(C(=O)N2CCCC2)cnc2ccc(F)cc12. The molecule has 0 radical (unpaired) electrons. The van der Waals surface area contributed by atoms with Gasteiger partial charge in [0, 0.05) is 30.4 Å². The molecule has 1 aliphatic heterocycles. The van der Waals surface area contributed by atoms with Gasteiger partial charge in [0.1, 0.15) is 5.82 Å². The number of rotatable bonds is 3. The lowest BCUT2D eigenvalue weighted by atomic mass is 10.1. The summed E-state index contributed by atoms with van der Waals surface area (Å²) in [4.78, 5) is 19.2. The van der Waals surface area contributed by atoms with Gasteiger partial charge in [-0.2, -0.15) is 0 Å². The molecule has 0 unspecified atom stereocenters. The number of aryl methyl sites for hydroxylation is 1. The molecular formula is C21H20FN3O. The molecule has 0 bridgehead atoms. The van der Waals surface area contributed by atoms with Gasteiger partial charge < -0.3 is 10.2 Å². The molecule has 132 valence electrons. The van der Waals surface area contributed by atoms with Crippen LogP contribution in [0.5, 0.6) is 0 Å². The van der Waals surface area contributed by atoms with Gasteiger partial charge in [-0.3, -0.25) is 9.78 Å². The first-order chi connectivity index (χ1) is 12.6. The van der Waals surface area contributed by atoms with E-state index in [9.17, 15) is 9.18 Å². The van der Waals surface area contributed by atoms with Crippen LogP contribution >= 0.6 is 0 Å². The van der Waals surface area contributed by atoms with Gasteiger partial charge in [0.15, 0.2) is 0 Å². The van der Waals surface area contributed by atoms with Crippen LogP contribution in [0.4, 0.5) is 15.8 Å². The summed E-state index contributed by atoms with van der Waals surface area (Å²) >= 11 is 0. The predicted octanol–water partition coefficient (Wildman–Crippen LogP) is 4.66. The molecule has 4 rings (SSSR count). The highest BCUT2D eigenvalue weighted by molar-refractivity contribution is 6.08. The summed E-state index contributed by atoms with van der Waals surface area (Å²) in [5, 5.41) is 3.97. The lowest BCUT2D eigenvalue weighted by molar-refractivity contribution is 0.0793. The minimum absolute atomic E-state index is 0.0581. The minimum Gasteiger partial charge on any atom is -0.354 e. The van der Waals surface area contributed by atoms with Crippen molar-refractivity contribution < 1.29 is 9.18 Å². The highest BCUT2D eigenvalue weighted by Gasteiger charge is 2.24. The Labute approximate surface area is 151 Å². The number of nitrogens with one attached hydrogen (secondary N) is 1. The molecule has 1 saturated heterocycles. The van der Waals surface area contributed by atoms with Crippen molar-refractivity contribution in [3.63, 3.8) is 0 Å². The summed E-state index contributed by atoms with van der Waals surface area (Å²) in [6.45, 7) is 3.50. The van der Waals surface area contributed by atoms with Gasteiger partial charge in [0.2, 0.25) is 0 Å². The van der Waals surface area contributed by atoms with E-state index in [-0.39, 0.29) is 11.7 Å². The van der Waals surface area contributed by atoms with Gasteiger partial charge in [0.25, 0.3) is 5.91 Å². The summed E-state index contributed by atoms with van der Waals surface area (Å²) < 4.78 is 13.9. The van der Waals surface area contributed by atoms with Crippen LogP contribution in [0.2, 0.25) is 0 Å². The summed E-state index contributed by atoms with van der Waals surface area (Å²) in [7, 11) is 0. The number of aromatic nitrogens is 1. The molecule has 0 saturated carbocycles. The van der Waals surface area contributed by atoms with Crippen LogP contribution in [-0.4, -0.2) is 28.9 Å².